The summed E-state index contributed by atoms with van der Waals surface area (Å²) in [6.45, 7) is 4.41. The largest absolute Gasteiger partial charge is 0.399 e. The van der Waals surface area contributed by atoms with Crippen molar-refractivity contribution in [1.82, 2.24) is 9.97 Å². The molecular weight excluding hydrogens is 336 g/mol. The van der Waals surface area contributed by atoms with Gasteiger partial charge in [-0.15, -0.1) is 0 Å². The molecule has 130 valence electrons. The molecule has 6 nitrogen and oxygen atoms in total. The van der Waals surface area contributed by atoms with Gasteiger partial charge in [-0.05, 0) is 38.0 Å². The maximum Gasteiger partial charge on any atom is 0.147 e. The summed E-state index contributed by atoms with van der Waals surface area (Å²) in [4.78, 5) is 16.3. The van der Waals surface area contributed by atoms with Crippen LogP contribution in [0.5, 0.6) is 0 Å². The fourth-order valence-electron chi connectivity index (χ4n) is 3.29. The lowest BCUT2D eigenvalue weighted by Crippen LogP contribution is -2.48. The van der Waals surface area contributed by atoms with E-state index in [0.717, 1.165) is 54.4 Å². The van der Waals surface area contributed by atoms with Crippen molar-refractivity contribution in [2.24, 2.45) is 10.7 Å². The quantitative estimate of drug-likeness (QED) is 0.806. The van der Waals surface area contributed by atoms with Crippen molar-refractivity contribution in [3.05, 3.63) is 46.4 Å². The first-order chi connectivity index (χ1) is 11.9. The van der Waals surface area contributed by atoms with E-state index in [4.69, 9.17) is 28.1 Å². The van der Waals surface area contributed by atoms with E-state index in [0.29, 0.717) is 17.3 Å². The van der Waals surface area contributed by atoms with Gasteiger partial charge in [0.2, 0.25) is 0 Å². The van der Waals surface area contributed by atoms with Crippen LogP contribution in [0.3, 0.4) is 0 Å². The van der Waals surface area contributed by atoms with Gasteiger partial charge in [0.15, 0.2) is 0 Å². The van der Waals surface area contributed by atoms with Crippen molar-refractivity contribution in [2.45, 2.75) is 31.8 Å². The normalized spacial score (nSPS) is 18.8. The first kappa shape index (κ1) is 16.3. The smallest absolute Gasteiger partial charge is 0.147 e. The first-order valence-electron chi connectivity index (χ1n) is 8.43. The number of halogens is 1. The zero-order chi connectivity index (χ0) is 17.6. The van der Waals surface area contributed by atoms with Gasteiger partial charge in [0.05, 0.1) is 29.2 Å². The van der Waals surface area contributed by atoms with E-state index < -0.39 is 0 Å². The van der Waals surface area contributed by atoms with E-state index in [2.05, 4.69) is 21.8 Å². The molecule has 25 heavy (non-hydrogen) atoms. The third-order valence-electron chi connectivity index (χ3n) is 4.92. The summed E-state index contributed by atoms with van der Waals surface area (Å²) in [7, 11) is 0. The van der Waals surface area contributed by atoms with Crippen LogP contribution in [0.2, 0.25) is 5.02 Å². The third kappa shape index (κ3) is 3.07. The highest BCUT2D eigenvalue weighted by atomic mass is 35.5. The molecular formula is C18H21ClN6. The van der Waals surface area contributed by atoms with Crippen molar-refractivity contribution < 1.29 is 0 Å². The minimum absolute atomic E-state index is 0.0824. The van der Waals surface area contributed by atoms with Crippen molar-refractivity contribution in [3.63, 3.8) is 0 Å². The topological polar surface area (TPSA) is 93.4 Å². The van der Waals surface area contributed by atoms with E-state index in [9.17, 15) is 0 Å². The highest BCUT2D eigenvalue weighted by Crippen LogP contribution is 2.29. The van der Waals surface area contributed by atoms with Gasteiger partial charge in [-0.3, -0.25) is 4.99 Å². The predicted molar refractivity (Wildman–Crippen MR) is 101 cm³/mol. The molecule has 4 rings (SSSR count). The van der Waals surface area contributed by atoms with Crippen molar-refractivity contribution in [3.8, 4) is 0 Å². The number of hydrogen-bond acceptors (Lipinski definition) is 6. The zero-order valence-electron chi connectivity index (χ0n) is 14.2. The Bertz CT molecular complexity index is 851. The number of anilines is 2. The molecule has 0 bridgehead atoms. The van der Waals surface area contributed by atoms with Crippen LogP contribution in [0.15, 0.2) is 29.4 Å². The minimum Gasteiger partial charge on any atom is -0.399 e. The number of nitrogen functional groups attached to an aromatic ring is 1. The van der Waals surface area contributed by atoms with Gasteiger partial charge in [0.25, 0.3) is 0 Å². The zero-order valence-corrected chi connectivity index (χ0v) is 14.9. The Morgan fingerprint density at radius 3 is 2.76 bits per heavy atom. The second kappa shape index (κ2) is 5.97. The lowest BCUT2D eigenvalue weighted by Gasteiger charge is -2.37. The van der Waals surface area contributed by atoms with Crippen LogP contribution < -0.4 is 16.4 Å². The van der Waals surface area contributed by atoms with Crippen LogP contribution in [-0.4, -0.2) is 34.3 Å². The summed E-state index contributed by atoms with van der Waals surface area (Å²) in [5.74, 6) is 0.893. The molecule has 3 heterocycles. The molecule has 1 aromatic heterocycles. The number of fused-ring (bicyclic) bond motifs is 1. The number of nitrogens with zero attached hydrogens (tertiary/aromatic N) is 4. The molecule has 1 aromatic carbocycles. The van der Waals surface area contributed by atoms with E-state index >= 15 is 0 Å². The Kier molecular flexibility index (Phi) is 3.89. The maximum atomic E-state index is 6.32. The summed E-state index contributed by atoms with van der Waals surface area (Å²) in [6.07, 6.45) is 3.72. The van der Waals surface area contributed by atoms with E-state index in [-0.39, 0.29) is 5.54 Å². The standard InChI is InChI=1S/C18H21ClN6/c1-18(21)4-6-25(7-5-18)15-10-23-17-14(24-15)9-22-16(17)12-8-11(20)2-3-13(12)19/h2-3,8,10H,4-7,9,20-21H2,1H3. The van der Waals surface area contributed by atoms with E-state index in [1.807, 2.05) is 12.3 Å². The summed E-state index contributed by atoms with van der Waals surface area (Å²) in [5.41, 5.74) is 15.9. The van der Waals surface area contributed by atoms with Crippen molar-refractivity contribution in [2.75, 3.05) is 23.7 Å². The van der Waals surface area contributed by atoms with Crippen LogP contribution in [-0.2, 0) is 6.54 Å². The molecule has 0 aliphatic carbocycles. The number of aliphatic imine (C=N–C) groups is 1. The second-order valence-corrected chi connectivity index (χ2v) is 7.48. The molecule has 2 aliphatic heterocycles. The van der Waals surface area contributed by atoms with Gasteiger partial charge in [-0.1, -0.05) is 11.6 Å². The lowest BCUT2D eigenvalue weighted by atomic mass is 9.91. The van der Waals surface area contributed by atoms with Crippen molar-refractivity contribution in [1.29, 1.82) is 0 Å². The Hall–Kier alpha value is -2.18. The molecule has 0 atom stereocenters. The molecule has 0 saturated carbocycles. The molecule has 2 aliphatic rings. The summed E-state index contributed by atoms with van der Waals surface area (Å²) >= 11 is 6.32. The van der Waals surface area contributed by atoms with Crippen LogP contribution in [0.4, 0.5) is 11.5 Å². The molecule has 1 saturated heterocycles. The molecule has 0 unspecified atom stereocenters. The minimum atomic E-state index is -0.0824. The van der Waals surface area contributed by atoms with Gasteiger partial charge in [-0.25, -0.2) is 9.97 Å². The van der Waals surface area contributed by atoms with Crippen LogP contribution >= 0.6 is 11.6 Å². The molecule has 4 N–H and O–H groups in total. The Morgan fingerprint density at radius 2 is 2.00 bits per heavy atom. The Morgan fingerprint density at radius 1 is 1.24 bits per heavy atom. The second-order valence-electron chi connectivity index (χ2n) is 7.07. The Balaban J connectivity index is 1.61. The third-order valence-corrected chi connectivity index (χ3v) is 5.25. The highest BCUT2D eigenvalue weighted by molar-refractivity contribution is 6.35. The van der Waals surface area contributed by atoms with Crippen molar-refractivity contribution >= 4 is 28.8 Å². The molecule has 7 heteroatoms. The molecule has 0 radical (unpaired) electrons. The average Bonchev–Trinajstić information content (AvgIpc) is 3.00. The number of hydrogen-bond donors (Lipinski definition) is 2. The van der Waals surface area contributed by atoms with Crippen LogP contribution in [0.25, 0.3) is 0 Å². The summed E-state index contributed by atoms with van der Waals surface area (Å²) in [5, 5.41) is 0.616. The number of aromatic nitrogens is 2. The van der Waals surface area contributed by atoms with E-state index in [1.54, 1.807) is 12.1 Å². The van der Waals surface area contributed by atoms with Crippen LogP contribution in [0, 0.1) is 0 Å². The highest BCUT2D eigenvalue weighted by Gasteiger charge is 2.28. The fourth-order valence-corrected chi connectivity index (χ4v) is 3.50. The van der Waals surface area contributed by atoms with E-state index in [1.165, 1.54) is 0 Å². The van der Waals surface area contributed by atoms with Gasteiger partial charge in [0.1, 0.15) is 11.5 Å². The first-order valence-corrected chi connectivity index (χ1v) is 8.81. The fraction of sp³-hybridized carbons (Fsp3) is 0.389. The molecule has 0 amide bonds. The van der Waals surface area contributed by atoms with Crippen LogP contribution in [0.1, 0.15) is 36.7 Å². The average molecular weight is 357 g/mol. The number of rotatable bonds is 2. The number of nitrogens with two attached hydrogens (primary N) is 2. The monoisotopic (exact) mass is 356 g/mol. The van der Waals surface area contributed by atoms with Gasteiger partial charge in [0, 0.05) is 29.9 Å². The predicted octanol–water partition coefficient (Wildman–Crippen LogP) is 2.38. The molecule has 2 aromatic rings. The molecule has 0 spiro atoms. The Labute approximate surface area is 151 Å². The van der Waals surface area contributed by atoms with Gasteiger partial charge >= 0.3 is 0 Å². The molecule has 1 fully saturated rings. The van der Waals surface area contributed by atoms with Gasteiger partial charge in [-0.2, -0.15) is 0 Å². The number of piperidine rings is 1. The SMILES string of the molecule is CC1(N)CCN(c2cnc3c(n2)CN=C3c2cc(N)ccc2Cl)CC1. The maximum absolute atomic E-state index is 6.32. The lowest BCUT2D eigenvalue weighted by molar-refractivity contribution is 0.363. The summed E-state index contributed by atoms with van der Waals surface area (Å²) in [6, 6.07) is 5.39. The number of benzene rings is 1. The summed E-state index contributed by atoms with van der Waals surface area (Å²) < 4.78 is 0. The van der Waals surface area contributed by atoms with Gasteiger partial charge < -0.3 is 16.4 Å².